The Hall–Kier alpha value is -2.84. The van der Waals surface area contributed by atoms with Crippen molar-refractivity contribution in [3.63, 3.8) is 0 Å². The van der Waals surface area contributed by atoms with Gasteiger partial charge in [0.05, 0.1) is 16.3 Å². The lowest BCUT2D eigenvalue weighted by molar-refractivity contribution is 0.180. The molecule has 2 aliphatic heterocycles. The van der Waals surface area contributed by atoms with E-state index in [4.69, 9.17) is 4.74 Å². The molecule has 0 amide bonds. The Morgan fingerprint density at radius 2 is 1.97 bits per heavy atom. The topological polar surface area (TPSA) is 81.4 Å². The van der Waals surface area contributed by atoms with E-state index in [-0.39, 0.29) is 10.6 Å². The van der Waals surface area contributed by atoms with Gasteiger partial charge in [-0.3, -0.25) is 0 Å². The van der Waals surface area contributed by atoms with Gasteiger partial charge in [0.15, 0.2) is 15.7 Å². The maximum atomic E-state index is 12.5. The van der Waals surface area contributed by atoms with Gasteiger partial charge < -0.3 is 9.94 Å². The van der Waals surface area contributed by atoms with Gasteiger partial charge in [0.25, 0.3) is 0 Å². The molecule has 1 N–H and O–H groups in total. The van der Waals surface area contributed by atoms with Crippen molar-refractivity contribution >= 4 is 21.2 Å². The molecular weight excluding hydrogens is 408 g/mol. The molecule has 1 aromatic heterocycles. The third-order valence-electron chi connectivity index (χ3n) is 4.81. The molecule has 2 aliphatic rings. The molecule has 150 valence electrons. The smallest absolute Gasteiger partial charge is 0.178 e. The van der Waals surface area contributed by atoms with Crippen LogP contribution in [0.5, 0.6) is 5.75 Å². The number of ether oxygens (including phenoxy) is 1. The number of rotatable bonds is 6. The number of nitrogens with zero attached hydrogens (tertiary/aromatic N) is 2. The quantitative estimate of drug-likeness (QED) is 0.453. The molecule has 0 unspecified atom stereocenters. The zero-order valence-corrected chi connectivity index (χ0v) is 17.6. The first kappa shape index (κ1) is 19.5. The number of hydrogen-bond donors (Lipinski definition) is 1. The Morgan fingerprint density at radius 3 is 2.69 bits per heavy atom. The van der Waals surface area contributed by atoms with Gasteiger partial charge in [-0.25, -0.2) is 13.4 Å². The number of fused-ring (bicyclic) bond motifs is 1. The maximum absolute atomic E-state index is 12.5. The fraction of sp³-hybridized carbons (Fsp3) is 0.190. The highest BCUT2D eigenvalue weighted by atomic mass is 32.2. The molecule has 0 saturated heterocycles. The molecular formula is C21H20N2O4S2. The molecule has 0 radical (unpaired) electrons. The van der Waals surface area contributed by atoms with Crippen LogP contribution in [0.1, 0.15) is 18.2 Å². The summed E-state index contributed by atoms with van der Waals surface area (Å²) in [6, 6.07) is 10.5. The van der Waals surface area contributed by atoms with Gasteiger partial charge in [-0.1, -0.05) is 6.92 Å². The van der Waals surface area contributed by atoms with Gasteiger partial charge in [0.2, 0.25) is 0 Å². The van der Waals surface area contributed by atoms with Crippen molar-refractivity contribution in [1.82, 2.24) is 9.71 Å². The first-order valence-corrected chi connectivity index (χ1v) is 11.7. The van der Waals surface area contributed by atoms with Crippen LogP contribution in [-0.2, 0) is 16.4 Å². The second kappa shape index (κ2) is 7.53. The highest BCUT2D eigenvalue weighted by molar-refractivity contribution is 7.91. The number of aryl methyl sites for hydroxylation is 1. The van der Waals surface area contributed by atoms with Crippen molar-refractivity contribution in [2.75, 3.05) is 5.75 Å². The van der Waals surface area contributed by atoms with Crippen molar-refractivity contribution in [2.45, 2.75) is 25.3 Å². The highest BCUT2D eigenvalue weighted by Gasteiger charge is 2.22. The number of sulfone groups is 1. The first-order valence-electron chi connectivity index (χ1n) is 9.08. The standard InChI is InChI=1S/C21H20N2O4S2/c1-3-29(25,26)16-4-5-20(27-12-15-7-9-28-13-15)19(11-16)18-10-14(2)23(24)21-17(18)6-8-22-21/h4-11,13,24H,3,12H2,1-2H3. The molecule has 0 saturated carbocycles. The van der Waals surface area contributed by atoms with Crippen LogP contribution < -0.4 is 4.74 Å². The van der Waals surface area contributed by atoms with Gasteiger partial charge in [-0.2, -0.15) is 16.1 Å². The SMILES string of the molecule is CCS(=O)(=O)c1ccc(OCc2ccsc2)c(-c2cc(C)n(O)c3nccc2-3)c1. The third-order valence-corrected chi connectivity index (χ3v) is 7.28. The van der Waals surface area contributed by atoms with Crippen molar-refractivity contribution < 1.29 is 18.4 Å². The fourth-order valence-electron chi connectivity index (χ4n) is 3.18. The number of thiophene rings is 1. The molecule has 0 atom stereocenters. The normalized spacial score (nSPS) is 11.8. The molecule has 1 aromatic carbocycles. The van der Waals surface area contributed by atoms with Gasteiger partial charge in [0.1, 0.15) is 12.4 Å². The lowest BCUT2D eigenvalue weighted by Gasteiger charge is -2.18. The minimum atomic E-state index is -3.39. The summed E-state index contributed by atoms with van der Waals surface area (Å²) in [5.74, 6) is 0.996. The van der Waals surface area contributed by atoms with Gasteiger partial charge in [-0.15, -0.1) is 0 Å². The molecule has 3 heterocycles. The van der Waals surface area contributed by atoms with Crippen LogP contribution in [0.15, 0.2) is 58.3 Å². The molecule has 8 heteroatoms. The summed E-state index contributed by atoms with van der Waals surface area (Å²) < 4.78 is 32.0. The van der Waals surface area contributed by atoms with Crippen molar-refractivity contribution in [2.24, 2.45) is 0 Å². The van der Waals surface area contributed by atoms with E-state index in [1.807, 2.05) is 16.8 Å². The number of pyridine rings is 1. The Bertz CT molecular complexity index is 1230. The van der Waals surface area contributed by atoms with E-state index in [1.54, 1.807) is 61.7 Å². The predicted molar refractivity (Wildman–Crippen MR) is 113 cm³/mol. The monoisotopic (exact) mass is 428 g/mol. The van der Waals surface area contributed by atoms with E-state index in [2.05, 4.69) is 4.98 Å². The fourth-order valence-corrected chi connectivity index (χ4v) is 4.74. The highest BCUT2D eigenvalue weighted by Crippen LogP contribution is 2.40. The van der Waals surface area contributed by atoms with E-state index < -0.39 is 9.84 Å². The number of hydrogen-bond acceptors (Lipinski definition) is 6. The molecule has 4 rings (SSSR count). The van der Waals surface area contributed by atoms with Gasteiger partial charge >= 0.3 is 0 Å². The number of aromatic nitrogens is 2. The molecule has 29 heavy (non-hydrogen) atoms. The third kappa shape index (κ3) is 3.61. The van der Waals surface area contributed by atoms with Crippen LogP contribution in [0.3, 0.4) is 0 Å². The minimum absolute atomic E-state index is 0.0132. The summed E-state index contributed by atoms with van der Waals surface area (Å²) in [5.41, 5.74) is 3.75. The molecule has 0 aliphatic carbocycles. The van der Waals surface area contributed by atoms with Crippen LogP contribution in [0.25, 0.3) is 22.5 Å². The van der Waals surface area contributed by atoms with Crippen molar-refractivity contribution in [3.05, 3.63) is 64.6 Å². The molecule has 0 spiro atoms. The Balaban J connectivity index is 1.88. The summed E-state index contributed by atoms with van der Waals surface area (Å²) in [4.78, 5) is 4.46. The Kier molecular flexibility index (Phi) is 5.06. The largest absolute Gasteiger partial charge is 0.488 e. The maximum Gasteiger partial charge on any atom is 0.178 e. The molecule has 0 bridgehead atoms. The lowest BCUT2D eigenvalue weighted by Crippen LogP contribution is -2.07. The van der Waals surface area contributed by atoms with Crippen LogP contribution in [0, 0.1) is 6.92 Å². The van der Waals surface area contributed by atoms with E-state index in [1.165, 1.54) is 0 Å². The average molecular weight is 429 g/mol. The van der Waals surface area contributed by atoms with Gasteiger partial charge in [-0.05, 0) is 65.2 Å². The van der Waals surface area contributed by atoms with Crippen LogP contribution in [0.2, 0.25) is 0 Å². The summed E-state index contributed by atoms with van der Waals surface area (Å²) in [5, 5.41) is 14.3. The second-order valence-corrected chi connectivity index (χ2v) is 9.73. The lowest BCUT2D eigenvalue weighted by atomic mass is 9.99. The van der Waals surface area contributed by atoms with E-state index in [9.17, 15) is 13.6 Å². The number of benzene rings is 1. The summed E-state index contributed by atoms with van der Waals surface area (Å²) >= 11 is 1.59. The second-order valence-electron chi connectivity index (χ2n) is 6.67. The van der Waals surface area contributed by atoms with Crippen LogP contribution >= 0.6 is 11.3 Å². The zero-order chi connectivity index (χ0) is 20.6. The van der Waals surface area contributed by atoms with E-state index >= 15 is 0 Å². The average Bonchev–Trinajstić information content (AvgIpc) is 3.41. The molecule has 6 nitrogen and oxygen atoms in total. The summed E-state index contributed by atoms with van der Waals surface area (Å²) in [6.45, 7) is 3.76. The van der Waals surface area contributed by atoms with Gasteiger partial charge in [0, 0.05) is 17.3 Å². The molecule has 0 fully saturated rings. The molecule has 2 aromatic rings. The summed E-state index contributed by atoms with van der Waals surface area (Å²) in [6.07, 6.45) is 1.61. The summed E-state index contributed by atoms with van der Waals surface area (Å²) in [7, 11) is -3.39. The van der Waals surface area contributed by atoms with Crippen molar-refractivity contribution in [1.29, 1.82) is 0 Å². The zero-order valence-electron chi connectivity index (χ0n) is 16.0. The van der Waals surface area contributed by atoms with E-state index in [0.717, 1.165) is 15.9 Å². The van der Waals surface area contributed by atoms with Crippen LogP contribution in [-0.4, -0.2) is 29.1 Å². The van der Waals surface area contributed by atoms with Crippen LogP contribution in [0.4, 0.5) is 0 Å². The van der Waals surface area contributed by atoms with Crippen molar-refractivity contribution in [3.8, 4) is 28.3 Å². The first-order chi connectivity index (χ1) is 13.9. The minimum Gasteiger partial charge on any atom is -0.488 e. The Morgan fingerprint density at radius 1 is 1.14 bits per heavy atom. The Labute approximate surface area is 173 Å². The van der Waals surface area contributed by atoms with E-state index in [0.29, 0.717) is 35.0 Å². The predicted octanol–water partition coefficient (Wildman–Crippen LogP) is 4.63.